The predicted octanol–water partition coefficient (Wildman–Crippen LogP) is 4.37. The Balaban J connectivity index is 2.05. The molecule has 0 fully saturated rings. The second kappa shape index (κ2) is 7.29. The van der Waals surface area contributed by atoms with Crippen LogP contribution in [0.3, 0.4) is 0 Å². The second-order valence-corrected chi connectivity index (χ2v) is 6.66. The minimum absolute atomic E-state index is 0.0854. The van der Waals surface area contributed by atoms with Crippen LogP contribution >= 0.6 is 34.5 Å². The highest BCUT2D eigenvalue weighted by Gasteiger charge is 2.19. The molecule has 0 bridgehead atoms. The van der Waals surface area contributed by atoms with Gasteiger partial charge in [0.05, 0.1) is 15.6 Å². The van der Waals surface area contributed by atoms with Crippen molar-refractivity contribution >= 4 is 51.4 Å². The van der Waals surface area contributed by atoms with Gasteiger partial charge in [-0.1, -0.05) is 34.5 Å². The van der Waals surface area contributed by atoms with Gasteiger partial charge >= 0.3 is 0 Å². The minimum atomic E-state index is -0.793. The van der Waals surface area contributed by atoms with Crippen LogP contribution in [0, 0.1) is 6.92 Å². The smallest absolute Gasteiger partial charge is 0.266 e. The van der Waals surface area contributed by atoms with Crippen LogP contribution in [0.15, 0.2) is 18.2 Å². The average molecular weight is 373 g/mol. The first-order valence-corrected chi connectivity index (χ1v) is 8.26. The average Bonchev–Trinajstić information content (AvgIpc) is 2.82. The summed E-state index contributed by atoms with van der Waals surface area (Å²) in [7, 11) is 0. The molecule has 1 heterocycles. The van der Waals surface area contributed by atoms with E-state index < -0.39 is 6.10 Å². The number of hydrogen-bond donors (Lipinski definition) is 1. The molecule has 0 spiro atoms. The molecular weight excluding hydrogens is 359 g/mol. The number of carbonyl (C=O) groups excluding carboxylic acids is 2. The van der Waals surface area contributed by atoms with E-state index in [1.165, 1.54) is 13.0 Å². The summed E-state index contributed by atoms with van der Waals surface area (Å²) in [6, 6.07) is 4.75. The maximum absolute atomic E-state index is 12.2. The van der Waals surface area contributed by atoms with E-state index in [1.54, 1.807) is 26.0 Å². The van der Waals surface area contributed by atoms with Crippen LogP contribution in [0.5, 0.6) is 5.75 Å². The molecule has 0 aliphatic heterocycles. The number of rotatable bonds is 5. The number of aryl methyl sites for hydroxylation is 1. The molecule has 0 unspecified atom stereocenters. The van der Waals surface area contributed by atoms with Gasteiger partial charge in [0.1, 0.15) is 5.75 Å². The first kappa shape index (κ1) is 17.7. The van der Waals surface area contributed by atoms with Crippen LogP contribution in [-0.2, 0) is 4.79 Å². The number of carbonyl (C=O) groups is 2. The summed E-state index contributed by atoms with van der Waals surface area (Å²) >= 11 is 13.0. The molecule has 1 aromatic carbocycles. The Hall–Kier alpha value is -1.63. The first-order valence-electron chi connectivity index (χ1n) is 6.69. The molecule has 2 rings (SSSR count). The van der Waals surface area contributed by atoms with Crippen molar-refractivity contribution in [2.75, 3.05) is 5.32 Å². The van der Waals surface area contributed by atoms with E-state index >= 15 is 0 Å². The Kier molecular flexibility index (Phi) is 5.62. The van der Waals surface area contributed by atoms with Crippen LogP contribution in [0.4, 0.5) is 5.13 Å². The van der Waals surface area contributed by atoms with Crippen LogP contribution < -0.4 is 10.1 Å². The topological polar surface area (TPSA) is 68.3 Å². The molecule has 1 N–H and O–H groups in total. The molecular formula is C15H14Cl2N2O3S. The van der Waals surface area contributed by atoms with Crippen molar-refractivity contribution in [3.05, 3.63) is 38.8 Å². The zero-order valence-electron chi connectivity index (χ0n) is 12.6. The second-order valence-electron chi connectivity index (χ2n) is 4.81. The van der Waals surface area contributed by atoms with Crippen LogP contribution in [0.1, 0.15) is 29.2 Å². The van der Waals surface area contributed by atoms with Crippen molar-refractivity contribution in [1.82, 2.24) is 4.98 Å². The number of nitrogens with zero attached hydrogens (tertiary/aromatic N) is 1. The van der Waals surface area contributed by atoms with Gasteiger partial charge in [-0.2, -0.15) is 0 Å². The standard InChI is InChI=1S/C15H14Cl2N2O3S/c1-7-13(8(2)20)23-15(18-7)19-14(21)9(3)22-12-5-4-10(16)6-11(12)17/h4-6,9H,1-3H3,(H,18,19,21)/t9-/m1/s1. The van der Waals surface area contributed by atoms with Crippen LogP contribution in [0.25, 0.3) is 0 Å². The monoisotopic (exact) mass is 372 g/mol. The SMILES string of the molecule is CC(=O)c1sc(NC(=O)[C@@H](C)Oc2ccc(Cl)cc2Cl)nc1C. The van der Waals surface area contributed by atoms with Crippen molar-refractivity contribution in [2.45, 2.75) is 26.9 Å². The third kappa shape index (κ3) is 4.43. The maximum atomic E-state index is 12.2. The van der Waals surface area contributed by atoms with Gasteiger partial charge < -0.3 is 4.74 Å². The van der Waals surface area contributed by atoms with E-state index in [9.17, 15) is 9.59 Å². The number of anilines is 1. The molecule has 2 aromatic rings. The highest BCUT2D eigenvalue weighted by atomic mass is 35.5. The fourth-order valence-corrected chi connectivity index (χ4v) is 3.12. The van der Waals surface area contributed by atoms with Crippen molar-refractivity contribution < 1.29 is 14.3 Å². The summed E-state index contributed by atoms with van der Waals surface area (Å²) in [6.45, 7) is 4.77. The summed E-state index contributed by atoms with van der Waals surface area (Å²) in [5.74, 6) is -0.115. The van der Waals surface area contributed by atoms with Gasteiger partial charge in [0.25, 0.3) is 5.91 Å². The first-order chi connectivity index (χ1) is 10.8. The highest BCUT2D eigenvalue weighted by molar-refractivity contribution is 7.17. The van der Waals surface area contributed by atoms with Gasteiger partial charge in [-0.05, 0) is 32.0 Å². The zero-order valence-corrected chi connectivity index (χ0v) is 15.0. The molecule has 0 radical (unpaired) electrons. The van der Waals surface area contributed by atoms with Crippen LogP contribution in [-0.4, -0.2) is 22.8 Å². The van der Waals surface area contributed by atoms with E-state index in [1.807, 2.05) is 0 Å². The number of amides is 1. The lowest BCUT2D eigenvalue weighted by Gasteiger charge is -2.14. The third-order valence-electron chi connectivity index (χ3n) is 2.91. The minimum Gasteiger partial charge on any atom is -0.479 e. The Morgan fingerprint density at radius 2 is 2.04 bits per heavy atom. The number of ether oxygens (including phenoxy) is 1. The fraction of sp³-hybridized carbons (Fsp3) is 0.267. The number of nitrogens with one attached hydrogen (secondary N) is 1. The van der Waals surface area contributed by atoms with Gasteiger partial charge in [-0.3, -0.25) is 14.9 Å². The van der Waals surface area contributed by atoms with E-state index in [0.29, 0.717) is 31.5 Å². The number of benzene rings is 1. The lowest BCUT2D eigenvalue weighted by molar-refractivity contribution is -0.122. The van der Waals surface area contributed by atoms with Gasteiger partial charge in [0.2, 0.25) is 0 Å². The maximum Gasteiger partial charge on any atom is 0.266 e. The molecule has 0 aliphatic rings. The fourth-order valence-electron chi connectivity index (χ4n) is 1.80. The van der Waals surface area contributed by atoms with E-state index in [-0.39, 0.29) is 11.7 Å². The van der Waals surface area contributed by atoms with Crippen molar-refractivity contribution in [1.29, 1.82) is 0 Å². The molecule has 0 saturated carbocycles. The molecule has 1 aromatic heterocycles. The van der Waals surface area contributed by atoms with Gasteiger partial charge in [-0.15, -0.1) is 0 Å². The molecule has 5 nitrogen and oxygen atoms in total. The zero-order chi connectivity index (χ0) is 17.1. The van der Waals surface area contributed by atoms with Gasteiger partial charge in [0, 0.05) is 11.9 Å². The molecule has 0 aliphatic carbocycles. The summed E-state index contributed by atoms with van der Waals surface area (Å²) in [5, 5.41) is 3.79. The number of halogens is 2. The highest BCUT2D eigenvalue weighted by Crippen LogP contribution is 2.29. The summed E-state index contributed by atoms with van der Waals surface area (Å²) in [5.41, 5.74) is 0.590. The third-order valence-corrected chi connectivity index (χ3v) is 4.62. The predicted molar refractivity (Wildman–Crippen MR) is 92.0 cm³/mol. The van der Waals surface area contributed by atoms with E-state index in [2.05, 4.69) is 10.3 Å². The van der Waals surface area contributed by atoms with E-state index in [4.69, 9.17) is 27.9 Å². The molecule has 1 atom stereocenters. The number of thiazole rings is 1. The number of hydrogen-bond acceptors (Lipinski definition) is 5. The van der Waals surface area contributed by atoms with Crippen molar-refractivity contribution in [3.63, 3.8) is 0 Å². The van der Waals surface area contributed by atoms with Gasteiger partial charge in [0.15, 0.2) is 17.0 Å². The molecule has 8 heteroatoms. The Bertz CT molecular complexity index is 761. The Morgan fingerprint density at radius 3 is 2.61 bits per heavy atom. The van der Waals surface area contributed by atoms with E-state index in [0.717, 1.165) is 11.3 Å². The molecule has 23 heavy (non-hydrogen) atoms. The number of ketones is 1. The Labute approximate surface area is 147 Å². The van der Waals surface area contributed by atoms with Gasteiger partial charge in [-0.25, -0.2) is 4.98 Å². The molecule has 1 amide bonds. The summed E-state index contributed by atoms with van der Waals surface area (Å²) in [4.78, 5) is 28.3. The lowest BCUT2D eigenvalue weighted by atomic mass is 10.3. The normalized spacial score (nSPS) is 11.9. The van der Waals surface area contributed by atoms with Crippen molar-refractivity contribution in [2.24, 2.45) is 0 Å². The number of Topliss-reactive ketones (excluding diaryl/α,β-unsaturated/α-hetero) is 1. The molecule has 0 saturated heterocycles. The number of aromatic nitrogens is 1. The Morgan fingerprint density at radius 1 is 1.35 bits per heavy atom. The lowest BCUT2D eigenvalue weighted by Crippen LogP contribution is -2.30. The van der Waals surface area contributed by atoms with Crippen LogP contribution in [0.2, 0.25) is 10.0 Å². The van der Waals surface area contributed by atoms with Crippen molar-refractivity contribution in [3.8, 4) is 5.75 Å². The summed E-state index contributed by atoms with van der Waals surface area (Å²) < 4.78 is 5.53. The quantitative estimate of drug-likeness (QED) is 0.791. The molecule has 122 valence electrons. The largest absolute Gasteiger partial charge is 0.479 e. The summed E-state index contributed by atoms with van der Waals surface area (Å²) in [6.07, 6.45) is -0.793.